The van der Waals surface area contributed by atoms with Crippen molar-refractivity contribution >= 4 is 17.8 Å². The van der Waals surface area contributed by atoms with Crippen molar-refractivity contribution in [1.29, 1.82) is 0 Å². The Morgan fingerprint density at radius 2 is 2.05 bits per heavy atom. The smallest absolute Gasteiger partial charge is 0.309 e. The molecule has 1 aliphatic rings. The summed E-state index contributed by atoms with van der Waals surface area (Å²) in [5, 5.41) is 22.3. The average Bonchev–Trinajstić information content (AvgIpc) is 2.64. The van der Waals surface area contributed by atoms with E-state index in [-0.39, 0.29) is 24.3 Å². The topological polar surface area (TPSA) is 151 Å². The van der Waals surface area contributed by atoms with E-state index in [4.69, 9.17) is 11.5 Å². The van der Waals surface area contributed by atoms with Crippen molar-refractivity contribution in [2.24, 2.45) is 28.3 Å². The van der Waals surface area contributed by atoms with Gasteiger partial charge in [-0.25, -0.2) is 4.99 Å². The van der Waals surface area contributed by atoms with Crippen molar-refractivity contribution in [2.75, 3.05) is 0 Å². The average molecular weight is 300 g/mol. The largest absolute Gasteiger partial charge is 0.481 e. The second-order valence-electron chi connectivity index (χ2n) is 5.47. The molecular formula is C13H24N4O4. The SMILES string of the molecule is CCC[C@@H](NC(C)=O)[C@@H]1[C@H](O)[C@@H](C(=O)O)C[C@H]1N=C(N)N. The Kier molecular flexibility index (Phi) is 5.95. The van der Waals surface area contributed by atoms with Gasteiger partial charge in [-0.3, -0.25) is 9.59 Å². The Balaban J connectivity index is 3.07. The predicted molar refractivity (Wildman–Crippen MR) is 77.4 cm³/mol. The fraction of sp³-hybridized carbons (Fsp3) is 0.769. The zero-order valence-corrected chi connectivity index (χ0v) is 12.3. The summed E-state index contributed by atoms with van der Waals surface area (Å²) in [5.41, 5.74) is 10.8. The van der Waals surface area contributed by atoms with Crippen molar-refractivity contribution in [3.05, 3.63) is 0 Å². The molecule has 21 heavy (non-hydrogen) atoms. The molecular weight excluding hydrogens is 276 g/mol. The van der Waals surface area contributed by atoms with Gasteiger partial charge in [-0.05, 0) is 12.8 Å². The maximum Gasteiger partial charge on any atom is 0.309 e. The normalized spacial score (nSPS) is 29.7. The van der Waals surface area contributed by atoms with Crippen LogP contribution in [-0.4, -0.2) is 46.2 Å². The maximum atomic E-state index is 11.3. The highest BCUT2D eigenvalue weighted by molar-refractivity contribution is 5.76. The Hall–Kier alpha value is -1.83. The minimum absolute atomic E-state index is 0.152. The summed E-state index contributed by atoms with van der Waals surface area (Å²) in [7, 11) is 0. The molecule has 1 amide bonds. The van der Waals surface area contributed by atoms with Crippen LogP contribution in [-0.2, 0) is 9.59 Å². The van der Waals surface area contributed by atoms with E-state index in [1.54, 1.807) is 0 Å². The number of aliphatic carboxylic acids is 1. The number of aliphatic hydroxyl groups excluding tert-OH is 1. The van der Waals surface area contributed by atoms with Crippen molar-refractivity contribution < 1.29 is 19.8 Å². The molecule has 7 N–H and O–H groups in total. The fourth-order valence-corrected chi connectivity index (χ4v) is 3.07. The van der Waals surface area contributed by atoms with Crippen LogP contribution >= 0.6 is 0 Å². The van der Waals surface area contributed by atoms with Gasteiger partial charge in [0.25, 0.3) is 0 Å². The first-order valence-electron chi connectivity index (χ1n) is 7.04. The molecule has 0 aromatic carbocycles. The number of nitrogens with two attached hydrogens (primary N) is 2. The monoisotopic (exact) mass is 300 g/mol. The molecule has 0 aliphatic heterocycles. The molecule has 120 valence electrons. The summed E-state index contributed by atoms with van der Waals surface area (Å²) in [4.78, 5) is 26.6. The summed E-state index contributed by atoms with van der Waals surface area (Å²) in [6.07, 6.45) is 0.447. The maximum absolute atomic E-state index is 11.3. The molecule has 0 radical (unpaired) electrons. The first kappa shape index (κ1) is 17.2. The Bertz CT molecular complexity index is 422. The number of carbonyl (C=O) groups is 2. The third-order valence-corrected chi connectivity index (χ3v) is 3.83. The molecule has 0 aromatic rings. The molecule has 0 saturated heterocycles. The van der Waals surface area contributed by atoms with Gasteiger partial charge in [-0.2, -0.15) is 0 Å². The minimum atomic E-state index is -1.10. The third kappa shape index (κ3) is 4.32. The van der Waals surface area contributed by atoms with Crippen LogP contribution in [0.25, 0.3) is 0 Å². The van der Waals surface area contributed by atoms with Crippen LogP contribution in [0.5, 0.6) is 0 Å². The number of nitrogens with zero attached hydrogens (tertiary/aromatic N) is 1. The van der Waals surface area contributed by atoms with Crippen LogP contribution in [0.15, 0.2) is 4.99 Å². The number of aliphatic hydroxyl groups is 1. The molecule has 5 atom stereocenters. The zero-order valence-electron chi connectivity index (χ0n) is 12.3. The van der Waals surface area contributed by atoms with Crippen LogP contribution in [0.4, 0.5) is 0 Å². The summed E-state index contributed by atoms with van der Waals surface area (Å²) in [6, 6.07) is -0.880. The standard InChI is InChI=1S/C13H24N4O4/c1-3-4-8(16-6(2)18)10-9(17-13(14)15)5-7(11(10)19)12(20)21/h7-11,19H,3-5H2,1-2H3,(H,16,18)(H,20,21)(H4,14,15,17)/t7-,8+,9+,10-,11+/m0/s1. The van der Waals surface area contributed by atoms with Gasteiger partial charge in [0.15, 0.2) is 5.96 Å². The molecule has 0 heterocycles. The van der Waals surface area contributed by atoms with E-state index in [9.17, 15) is 19.8 Å². The lowest BCUT2D eigenvalue weighted by atomic mass is 9.88. The Labute approximate surface area is 123 Å². The number of carboxylic acid groups (broad SMARTS) is 1. The highest BCUT2D eigenvalue weighted by atomic mass is 16.4. The molecule has 0 spiro atoms. The lowest BCUT2D eigenvalue weighted by Gasteiger charge is -2.30. The van der Waals surface area contributed by atoms with Crippen LogP contribution < -0.4 is 16.8 Å². The number of carbonyl (C=O) groups excluding carboxylic acids is 1. The van der Waals surface area contributed by atoms with Crippen molar-refractivity contribution in [2.45, 2.75) is 51.3 Å². The molecule has 0 bridgehead atoms. The van der Waals surface area contributed by atoms with Crippen LogP contribution in [0.3, 0.4) is 0 Å². The lowest BCUT2D eigenvalue weighted by Crippen LogP contribution is -2.47. The number of hydrogen-bond donors (Lipinski definition) is 5. The van der Waals surface area contributed by atoms with Gasteiger partial charge in [-0.1, -0.05) is 13.3 Å². The molecule has 1 rings (SSSR count). The van der Waals surface area contributed by atoms with E-state index in [2.05, 4.69) is 10.3 Å². The summed E-state index contributed by atoms with van der Waals surface area (Å²) >= 11 is 0. The van der Waals surface area contributed by atoms with Gasteiger partial charge in [0, 0.05) is 18.9 Å². The van der Waals surface area contributed by atoms with Crippen LogP contribution in [0.1, 0.15) is 33.1 Å². The Morgan fingerprint density at radius 3 is 2.48 bits per heavy atom. The molecule has 1 saturated carbocycles. The number of hydrogen-bond acceptors (Lipinski definition) is 4. The van der Waals surface area contributed by atoms with Crippen molar-refractivity contribution in [3.8, 4) is 0 Å². The summed E-state index contributed by atoms with van der Waals surface area (Å²) in [6.45, 7) is 3.33. The zero-order chi connectivity index (χ0) is 16.2. The van der Waals surface area contributed by atoms with E-state index >= 15 is 0 Å². The van der Waals surface area contributed by atoms with Crippen LogP contribution in [0, 0.1) is 11.8 Å². The molecule has 1 aliphatic carbocycles. The second kappa shape index (κ2) is 7.26. The van der Waals surface area contributed by atoms with E-state index in [0.29, 0.717) is 6.42 Å². The molecule has 8 heteroatoms. The van der Waals surface area contributed by atoms with Gasteiger partial charge < -0.3 is 27.0 Å². The van der Waals surface area contributed by atoms with Gasteiger partial charge in [0.2, 0.25) is 5.91 Å². The summed E-state index contributed by atoms with van der Waals surface area (Å²) < 4.78 is 0. The number of guanidine groups is 1. The molecule has 0 aromatic heterocycles. The lowest BCUT2D eigenvalue weighted by molar-refractivity contribution is -0.145. The van der Waals surface area contributed by atoms with Crippen molar-refractivity contribution in [3.63, 3.8) is 0 Å². The Morgan fingerprint density at radius 1 is 1.43 bits per heavy atom. The first-order valence-corrected chi connectivity index (χ1v) is 7.04. The number of aliphatic imine (C=N–C) groups is 1. The molecule has 1 fully saturated rings. The van der Waals surface area contributed by atoms with Crippen LogP contribution in [0.2, 0.25) is 0 Å². The second-order valence-corrected chi connectivity index (χ2v) is 5.47. The highest BCUT2D eigenvalue weighted by Crippen LogP contribution is 2.37. The van der Waals surface area contributed by atoms with Gasteiger partial charge >= 0.3 is 5.97 Å². The number of amides is 1. The van der Waals surface area contributed by atoms with Gasteiger partial charge in [-0.15, -0.1) is 0 Å². The van der Waals surface area contributed by atoms with Gasteiger partial charge in [0.1, 0.15) is 0 Å². The van der Waals surface area contributed by atoms with E-state index in [0.717, 1.165) is 6.42 Å². The number of carboxylic acids is 1. The number of nitrogens with one attached hydrogen (secondary N) is 1. The van der Waals surface area contributed by atoms with E-state index in [1.807, 2.05) is 6.92 Å². The van der Waals surface area contributed by atoms with Crippen molar-refractivity contribution in [1.82, 2.24) is 5.32 Å². The fourth-order valence-electron chi connectivity index (χ4n) is 3.07. The first-order chi connectivity index (χ1) is 9.77. The number of rotatable bonds is 6. The highest BCUT2D eigenvalue weighted by Gasteiger charge is 2.49. The minimum Gasteiger partial charge on any atom is -0.481 e. The third-order valence-electron chi connectivity index (χ3n) is 3.83. The van der Waals surface area contributed by atoms with E-state index in [1.165, 1.54) is 6.92 Å². The quantitative estimate of drug-likeness (QED) is 0.314. The molecule has 8 nitrogen and oxygen atoms in total. The summed E-state index contributed by atoms with van der Waals surface area (Å²) in [5.74, 6) is -2.92. The van der Waals surface area contributed by atoms with E-state index < -0.39 is 30.0 Å². The predicted octanol–water partition coefficient (Wildman–Crippen LogP) is -0.985. The molecule has 0 unspecified atom stereocenters. The van der Waals surface area contributed by atoms with Gasteiger partial charge in [0.05, 0.1) is 18.1 Å².